The summed E-state index contributed by atoms with van der Waals surface area (Å²) in [5.74, 6) is 3.87. The van der Waals surface area contributed by atoms with Crippen LogP contribution in [-0.2, 0) is 0 Å². The second kappa shape index (κ2) is 5.51. The van der Waals surface area contributed by atoms with E-state index in [1.165, 1.54) is 30.8 Å². The van der Waals surface area contributed by atoms with E-state index in [4.69, 9.17) is 5.73 Å². The highest BCUT2D eigenvalue weighted by atomic mass is 32.2. The fourth-order valence-corrected chi connectivity index (χ4v) is 3.74. The molecule has 4 heteroatoms. The third-order valence-electron chi connectivity index (χ3n) is 4.29. The summed E-state index contributed by atoms with van der Waals surface area (Å²) in [6.45, 7) is 7.78. The molecule has 2 aliphatic rings. The molecule has 0 radical (unpaired) electrons. The van der Waals surface area contributed by atoms with E-state index in [1.54, 1.807) is 0 Å². The van der Waals surface area contributed by atoms with Gasteiger partial charge in [0.1, 0.15) is 0 Å². The fraction of sp³-hybridized carbons (Fsp3) is 0.923. The molecule has 0 aromatic heterocycles. The molecule has 0 amide bonds. The van der Waals surface area contributed by atoms with Gasteiger partial charge in [-0.25, -0.2) is 0 Å². The third kappa shape index (κ3) is 3.30. The molecule has 0 spiro atoms. The summed E-state index contributed by atoms with van der Waals surface area (Å²) in [5, 5.41) is 0. The van der Waals surface area contributed by atoms with Crippen molar-refractivity contribution in [3.8, 4) is 0 Å². The van der Waals surface area contributed by atoms with Crippen molar-refractivity contribution in [1.29, 1.82) is 0 Å². The summed E-state index contributed by atoms with van der Waals surface area (Å²) in [5.41, 5.74) is 6.54. The molecule has 2 N–H and O–H groups in total. The smallest absolute Gasteiger partial charge is 0.191 e. The van der Waals surface area contributed by atoms with Gasteiger partial charge in [0.15, 0.2) is 5.96 Å². The number of guanidine groups is 1. The van der Waals surface area contributed by atoms with E-state index in [0.717, 1.165) is 31.5 Å². The van der Waals surface area contributed by atoms with Crippen LogP contribution in [0.4, 0.5) is 0 Å². The van der Waals surface area contributed by atoms with Crippen molar-refractivity contribution >= 4 is 17.7 Å². The molecule has 1 saturated carbocycles. The molecule has 2 fully saturated rings. The Hall–Kier alpha value is -0.380. The zero-order valence-electron chi connectivity index (χ0n) is 11.1. The molecule has 1 unspecified atom stereocenters. The van der Waals surface area contributed by atoms with E-state index in [9.17, 15) is 0 Å². The molecule has 98 valence electrons. The highest BCUT2D eigenvalue weighted by Crippen LogP contribution is 2.42. The minimum Gasteiger partial charge on any atom is -0.370 e. The van der Waals surface area contributed by atoms with Gasteiger partial charge in [-0.05, 0) is 24.2 Å². The van der Waals surface area contributed by atoms with Crippen molar-refractivity contribution < 1.29 is 0 Å². The molecule has 1 atom stereocenters. The standard InChI is InChI=1S/C13H25N3S/c1-13(2)5-3-4-11(13)10-15-12(14)16-6-8-17-9-7-16/h11H,3-10H2,1-2H3,(H2,14,15). The van der Waals surface area contributed by atoms with E-state index < -0.39 is 0 Å². The van der Waals surface area contributed by atoms with Gasteiger partial charge in [0.2, 0.25) is 0 Å². The molecule has 0 bridgehead atoms. The second-order valence-corrected chi connectivity index (χ2v) is 7.10. The van der Waals surface area contributed by atoms with Gasteiger partial charge in [-0.15, -0.1) is 0 Å². The average Bonchev–Trinajstić information content (AvgIpc) is 2.66. The number of rotatable bonds is 2. The first-order valence-electron chi connectivity index (χ1n) is 6.72. The summed E-state index contributed by atoms with van der Waals surface area (Å²) in [6.07, 6.45) is 4.01. The van der Waals surface area contributed by atoms with E-state index in [0.29, 0.717) is 5.41 Å². The molecular formula is C13H25N3S. The van der Waals surface area contributed by atoms with Gasteiger partial charge in [0.25, 0.3) is 0 Å². The second-order valence-electron chi connectivity index (χ2n) is 5.88. The Morgan fingerprint density at radius 2 is 2.12 bits per heavy atom. The maximum Gasteiger partial charge on any atom is 0.191 e. The van der Waals surface area contributed by atoms with Gasteiger partial charge in [0, 0.05) is 31.1 Å². The van der Waals surface area contributed by atoms with Crippen molar-refractivity contribution in [1.82, 2.24) is 4.90 Å². The van der Waals surface area contributed by atoms with Crippen LogP contribution in [-0.4, -0.2) is 42.0 Å². The van der Waals surface area contributed by atoms with Gasteiger partial charge in [-0.3, -0.25) is 4.99 Å². The van der Waals surface area contributed by atoms with Crippen LogP contribution < -0.4 is 5.73 Å². The first kappa shape index (κ1) is 13.1. The lowest BCUT2D eigenvalue weighted by Gasteiger charge is -2.29. The fourth-order valence-electron chi connectivity index (χ4n) is 2.83. The van der Waals surface area contributed by atoms with Crippen molar-refractivity contribution in [3.05, 3.63) is 0 Å². The number of hydrogen-bond donors (Lipinski definition) is 1. The lowest BCUT2D eigenvalue weighted by atomic mass is 9.82. The molecule has 0 aromatic carbocycles. The summed E-state index contributed by atoms with van der Waals surface area (Å²) in [6, 6.07) is 0. The van der Waals surface area contributed by atoms with E-state index in [-0.39, 0.29) is 0 Å². The average molecular weight is 255 g/mol. The van der Waals surface area contributed by atoms with E-state index in [2.05, 4.69) is 23.7 Å². The summed E-state index contributed by atoms with van der Waals surface area (Å²) in [4.78, 5) is 6.87. The van der Waals surface area contributed by atoms with Gasteiger partial charge < -0.3 is 10.6 Å². The van der Waals surface area contributed by atoms with Crippen LogP contribution >= 0.6 is 11.8 Å². The molecule has 1 saturated heterocycles. The zero-order valence-corrected chi connectivity index (χ0v) is 11.9. The van der Waals surface area contributed by atoms with Crippen molar-refractivity contribution in [2.24, 2.45) is 22.1 Å². The normalized spacial score (nSPS) is 29.6. The van der Waals surface area contributed by atoms with Crippen molar-refractivity contribution in [3.63, 3.8) is 0 Å². The molecule has 17 heavy (non-hydrogen) atoms. The first-order valence-corrected chi connectivity index (χ1v) is 7.88. The number of nitrogens with zero attached hydrogens (tertiary/aromatic N) is 2. The largest absolute Gasteiger partial charge is 0.370 e. The predicted octanol–water partition coefficient (Wildman–Crippen LogP) is 2.18. The van der Waals surface area contributed by atoms with Gasteiger partial charge in [-0.1, -0.05) is 20.3 Å². The Labute approximate surface area is 109 Å². The van der Waals surface area contributed by atoms with Crippen LogP contribution in [0.1, 0.15) is 33.1 Å². The summed E-state index contributed by atoms with van der Waals surface area (Å²) in [7, 11) is 0. The molecular weight excluding hydrogens is 230 g/mol. The molecule has 1 heterocycles. The zero-order chi connectivity index (χ0) is 12.3. The van der Waals surface area contributed by atoms with Gasteiger partial charge >= 0.3 is 0 Å². The number of thioether (sulfide) groups is 1. The predicted molar refractivity (Wildman–Crippen MR) is 76.5 cm³/mol. The quantitative estimate of drug-likeness (QED) is 0.607. The Kier molecular flexibility index (Phi) is 4.23. The molecule has 0 aromatic rings. The number of hydrogen-bond acceptors (Lipinski definition) is 2. The number of nitrogens with two attached hydrogens (primary N) is 1. The van der Waals surface area contributed by atoms with E-state index in [1.807, 2.05) is 11.8 Å². The maximum absolute atomic E-state index is 6.08. The number of aliphatic imine (C=N–C) groups is 1. The summed E-state index contributed by atoms with van der Waals surface area (Å²) < 4.78 is 0. The highest BCUT2D eigenvalue weighted by Gasteiger charge is 2.34. The van der Waals surface area contributed by atoms with Crippen molar-refractivity contribution in [2.75, 3.05) is 31.1 Å². The third-order valence-corrected chi connectivity index (χ3v) is 5.23. The monoisotopic (exact) mass is 255 g/mol. The molecule has 2 rings (SSSR count). The van der Waals surface area contributed by atoms with Crippen LogP contribution in [0.25, 0.3) is 0 Å². The van der Waals surface area contributed by atoms with Crippen LogP contribution in [0.15, 0.2) is 4.99 Å². The van der Waals surface area contributed by atoms with Crippen molar-refractivity contribution in [2.45, 2.75) is 33.1 Å². The first-order chi connectivity index (χ1) is 8.09. The minimum atomic E-state index is 0.460. The van der Waals surface area contributed by atoms with Crippen LogP contribution in [0.5, 0.6) is 0 Å². The van der Waals surface area contributed by atoms with Crippen LogP contribution in [0.2, 0.25) is 0 Å². The Morgan fingerprint density at radius 3 is 2.71 bits per heavy atom. The minimum absolute atomic E-state index is 0.460. The lowest BCUT2D eigenvalue weighted by Crippen LogP contribution is -2.43. The van der Waals surface area contributed by atoms with Crippen LogP contribution in [0, 0.1) is 11.3 Å². The SMILES string of the molecule is CC1(C)CCCC1CN=C(N)N1CCSCC1. The highest BCUT2D eigenvalue weighted by molar-refractivity contribution is 7.99. The lowest BCUT2D eigenvalue weighted by molar-refractivity contribution is 0.266. The summed E-state index contributed by atoms with van der Waals surface area (Å²) >= 11 is 2.01. The van der Waals surface area contributed by atoms with Gasteiger partial charge in [-0.2, -0.15) is 11.8 Å². The Balaban J connectivity index is 1.86. The topological polar surface area (TPSA) is 41.6 Å². The van der Waals surface area contributed by atoms with Gasteiger partial charge in [0.05, 0.1) is 0 Å². The Morgan fingerprint density at radius 1 is 1.41 bits per heavy atom. The van der Waals surface area contributed by atoms with E-state index >= 15 is 0 Å². The molecule has 1 aliphatic carbocycles. The van der Waals surface area contributed by atoms with Crippen LogP contribution in [0.3, 0.4) is 0 Å². The Bertz CT molecular complexity index is 282. The molecule has 1 aliphatic heterocycles. The molecule has 3 nitrogen and oxygen atoms in total. The maximum atomic E-state index is 6.08.